The van der Waals surface area contributed by atoms with Gasteiger partial charge >= 0.3 is 6.09 Å². The lowest BCUT2D eigenvalue weighted by molar-refractivity contribution is -0.131. The van der Waals surface area contributed by atoms with Crippen molar-refractivity contribution in [3.8, 4) is 0 Å². The van der Waals surface area contributed by atoms with Gasteiger partial charge < -0.3 is 15.2 Å². The summed E-state index contributed by atoms with van der Waals surface area (Å²) in [6, 6.07) is 0. The summed E-state index contributed by atoms with van der Waals surface area (Å²) in [5.41, 5.74) is 4.80. The van der Waals surface area contributed by atoms with E-state index in [1.807, 2.05) is 6.92 Å². The fraction of sp³-hybridized carbons (Fsp3) is 0.944. The molecule has 134 valence electrons. The Morgan fingerprint density at radius 2 is 1.74 bits per heavy atom. The van der Waals surface area contributed by atoms with Crippen molar-refractivity contribution in [3.63, 3.8) is 0 Å². The van der Waals surface area contributed by atoms with Crippen LogP contribution >= 0.6 is 0 Å². The van der Waals surface area contributed by atoms with Crippen LogP contribution in [0.3, 0.4) is 0 Å². The van der Waals surface area contributed by atoms with Gasteiger partial charge in [-0.05, 0) is 30.6 Å². The summed E-state index contributed by atoms with van der Waals surface area (Å²) in [6.45, 7) is 18.0. The van der Waals surface area contributed by atoms with Gasteiger partial charge in [0.05, 0.1) is 13.2 Å². The first-order valence-electron chi connectivity index (χ1n) is 8.74. The number of hydrogen-bond acceptors (Lipinski definition) is 4. The van der Waals surface area contributed by atoms with Gasteiger partial charge in [0.2, 0.25) is 0 Å². The van der Waals surface area contributed by atoms with Crippen molar-refractivity contribution < 1.29 is 14.3 Å². The molecule has 0 aromatic carbocycles. The molecule has 2 rings (SSSR count). The quantitative estimate of drug-likeness (QED) is 0.866. The third-order valence-corrected chi connectivity index (χ3v) is 6.91. The highest BCUT2D eigenvalue weighted by Gasteiger charge is 2.66. The first-order chi connectivity index (χ1) is 10.5. The van der Waals surface area contributed by atoms with Crippen LogP contribution in [0.2, 0.25) is 0 Å². The van der Waals surface area contributed by atoms with Crippen LogP contribution in [-0.4, -0.2) is 49.4 Å². The molecule has 1 aliphatic heterocycles. The molecule has 1 aliphatic carbocycles. The average molecular weight is 326 g/mol. The van der Waals surface area contributed by atoms with E-state index in [9.17, 15) is 4.79 Å². The molecule has 2 atom stereocenters. The van der Waals surface area contributed by atoms with Crippen LogP contribution in [-0.2, 0) is 9.47 Å². The van der Waals surface area contributed by atoms with Crippen LogP contribution in [0.15, 0.2) is 0 Å². The van der Waals surface area contributed by atoms with E-state index in [-0.39, 0.29) is 16.2 Å². The van der Waals surface area contributed by atoms with Gasteiger partial charge in [-0.15, -0.1) is 0 Å². The number of primary amides is 1. The Morgan fingerprint density at radius 3 is 2.22 bits per heavy atom. The Balaban J connectivity index is 2.37. The summed E-state index contributed by atoms with van der Waals surface area (Å²) in [5, 5.41) is 0. The highest BCUT2D eigenvalue weighted by Crippen LogP contribution is 2.66. The lowest BCUT2D eigenvalue weighted by atomic mass is 9.52. The zero-order chi connectivity index (χ0) is 17.5. The summed E-state index contributed by atoms with van der Waals surface area (Å²) in [6.07, 6.45) is 1.21. The Kier molecular flexibility index (Phi) is 4.77. The normalized spacial score (nSPS) is 35.2. The summed E-state index contributed by atoms with van der Waals surface area (Å²) < 4.78 is 11.1. The number of rotatable bonds is 3. The smallest absolute Gasteiger partial charge is 0.405 e. The van der Waals surface area contributed by atoms with Crippen molar-refractivity contribution >= 4 is 6.09 Å². The van der Waals surface area contributed by atoms with E-state index in [2.05, 4.69) is 39.5 Å². The highest BCUT2D eigenvalue weighted by molar-refractivity contribution is 5.65. The molecule has 0 radical (unpaired) electrons. The maximum atomic E-state index is 11.5. The standard InChI is InChI=1S/C18H34N2O3/c1-15(2,3)18(13-20-9-11-22-12-10-20)8-7-17(6,16(18,4)5)23-14(19)21/h7-13H2,1-6H3,(H2,19,21). The van der Waals surface area contributed by atoms with E-state index in [0.29, 0.717) is 0 Å². The van der Waals surface area contributed by atoms with Crippen molar-refractivity contribution in [3.05, 3.63) is 0 Å². The number of carbonyl (C=O) groups is 1. The molecule has 5 nitrogen and oxygen atoms in total. The lowest BCUT2D eigenvalue weighted by Gasteiger charge is -2.56. The van der Waals surface area contributed by atoms with E-state index in [0.717, 1.165) is 45.7 Å². The van der Waals surface area contributed by atoms with Gasteiger partial charge in [-0.25, -0.2) is 4.79 Å². The van der Waals surface area contributed by atoms with E-state index in [1.54, 1.807) is 0 Å². The van der Waals surface area contributed by atoms with Crippen molar-refractivity contribution in [2.24, 2.45) is 22.0 Å². The second kappa shape index (κ2) is 5.92. The number of ether oxygens (including phenoxy) is 2. The van der Waals surface area contributed by atoms with E-state index >= 15 is 0 Å². The van der Waals surface area contributed by atoms with Crippen LogP contribution in [0.4, 0.5) is 4.79 Å². The minimum Gasteiger partial charge on any atom is -0.443 e. The molecule has 1 saturated heterocycles. The minimum atomic E-state index is -0.670. The zero-order valence-corrected chi connectivity index (χ0v) is 15.7. The third kappa shape index (κ3) is 2.98. The predicted octanol–water partition coefficient (Wildman–Crippen LogP) is 3.03. The molecule has 5 heteroatoms. The molecule has 0 aromatic rings. The van der Waals surface area contributed by atoms with Gasteiger partial charge in [0.25, 0.3) is 0 Å². The second-order valence-corrected chi connectivity index (χ2v) is 9.00. The van der Waals surface area contributed by atoms with Gasteiger partial charge in [-0.1, -0.05) is 34.6 Å². The summed E-state index contributed by atoms with van der Waals surface area (Å²) in [7, 11) is 0. The number of carbonyl (C=O) groups excluding carboxylic acids is 1. The average Bonchev–Trinajstić information content (AvgIpc) is 2.60. The maximum Gasteiger partial charge on any atom is 0.405 e. The largest absolute Gasteiger partial charge is 0.443 e. The number of hydrogen-bond donors (Lipinski definition) is 1. The molecular formula is C18H34N2O3. The van der Waals surface area contributed by atoms with Crippen molar-refractivity contribution in [1.82, 2.24) is 4.90 Å². The minimum absolute atomic E-state index is 0.0432. The second-order valence-electron chi connectivity index (χ2n) is 9.00. The van der Waals surface area contributed by atoms with E-state index < -0.39 is 11.7 Å². The van der Waals surface area contributed by atoms with Gasteiger partial charge in [0.1, 0.15) is 5.60 Å². The van der Waals surface area contributed by atoms with E-state index in [4.69, 9.17) is 15.2 Å². The van der Waals surface area contributed by atoms with Crippen molar-refractivity contribution in [1.29, 1.82) is 0 Å². The molecule has 2 N–H and O–H groups in total. The molecule has 0 aromatic heterocycles. The van der Waals surface area contributed by atoms with Crippen molar-refractivity contribution in [2.45, 2.75) is 60.0 Å². The van der Waals surface area contributed by atoms with E-state index in [1.165, 1.54) is 0 Å². The molecule has 1 amide bonds. The number of nitrogens with two attached hydrogens (primary N) is 1. The monoisotopic (exact) mass is 326 g/mol. The first-order valence-corrected chi connectivity index (χ1v) is 8.74. The molecule has 1 saturated carbocycles. The number of morpholine rings is 1. The van der Waals surface area contributed by atoms with Crippen molar-refractivity contribution in [2.75, 3.05) is 32.8 Å². The molecular weight excluding hydrogens is 292 g/mol. The number of amides is 1. The van der Waals surface area contributed by atoms with Crippen LogP contribution in [0, 0.1) is 16.2 Å². The molecule has 0 spiro atoms. The fourth-order valence-corrected chi connectivity index (χ4v) is 4.95. The SMILES string of the molecule is CC(C)(C)C1(CN2CCOCC2)CCC(C)(OC(N)=O)C1(C)C. The molecule has 2 fully saturated rings. The Bertz CT molecular complexity index is 452. The predicted molar refractivity (Wildman–Crippen MR) is 91.2 cm³/mol. The topological polar surface area (TPSA) is 64.8 Å². The van der Waals surface area contributed by atoms with Crippen LogP contribution in [0.25, 0.3) is 0 Å². The Hall–Kier alpha value is -0.810. The zero-order valence-electron chi connectivity index (χ0n) is 15.7. The van der Waals surface area contributed by atoms with Gasteiger partial charge in [0, 0.05) is 25.0 Å². The van der Waals surface area contributed by atoms with Crippen LogP contribution < -0.4 is 5.73 Å². The Morgan fingerprint density at radius 1 is 1.17 bits per heavy atom. The first kappa shape index (κ1) is 18.5. The maximum absolute atomic E-state index is 11.5. The molecule has 2 aliphatic rings. The van der Waals surface area contributed by atoms with Gasteiger partial charge in [0.15, 0.2) is 0 Å². The van der Waals surface area contributed by atoms with Crippen LogP contribution in [0.1, 0.15) is 54.4 Å². The third-order valence-electron chi connectivity index (χ3n) is 6.91. The lowest BCUT2D eigenvalue weighted by Crippen LogP contribution is -2.59. The molecule has 0 bridgehead atoms. The van der Waals surface area contributed by atoms with Crippen LogP contribution in [0.5, 0.6) is 0 Å². The molecule has 23 heavy (non-hydrogen) atoms. The summed E-state index contributed by atoms with van der Waals surface area (Å²) in [5.74, 6) is 0. The molecule has 1 heterocycles. The highest BCUT2D eigenvalue weighted by atomic mass is 16.6. The summed E-state index contributed by atoms with van der Waals surface area (Å²) >= 11 is 0. The summed E-state index contributed by atoms with van der Waals surface area (Å²) in [4.78, 5) is 14.0. The number of nitrogens with zero attached hydrogens (tertiary/aromatic N) is 1. The Labute approximate surface area is 140 Å². The fourth-order valence-electron chi connectivity index (χ4n) is 4.95. The molecule has 2 unspecified atom stereocenters. The van der Waals surface area contributed by atoms with Gasteiger partial charge in [-0.3, -0.25) is 4.90 Å². The van der Waals surface area contributed by atoms with Gasteiger partial charge in [-0.2, -0.15) is 0 Å².